The van der Waals surface area contributed by atoms with Crippen molar-refractivity contribution in [3.05, 3.63) is 69.6 Å². The van der Waals surface area contributed by atoms with Crippen molar-refractivity contribution in [3.63, 3.8) is 0 Å². The highest BCUT2D eigenvalue weighted by Crippen LogP contribution is 2.27. The third-order valence-corrected chi connectivity index (χ3v) is 3.76. The van der Waals surface area contributed by atoms with Crippen LogP contribution in [0.25, 0.3) is 0 Å². The molecule has 0 aliphatic rings. The van der Waals surface area contributed by atoms with Crippen molar-refractivity contribution in [1.29, 1.82) is 0 Å². The van der Waals surface area contributed by atoms with E-state index in [1.807, 2.05) is 38.4 Å². The topological polar surface area (TPSA) is 55.5 Å². The quantitative estimate of drug-likeness (QED) is 0.794. The van der Waals surface area contributed by atoms with Gasteiger partial charge in [-0.2, -0.15) is 13.2 Å². The fourth-order valence-electron chi connectivity index (χ4n) is 2.51. The number of hydrogen-bond donors (Lipinski definition) is 2. The van der Waals surface area contributed by atoms with Gasteiger partial charge in [0.1, 0.15) is 13.1 Å². The fraction of sp³-hybridized carbons (Fsp3) is 0.333. The van der Waals surface area contributed by atoms with Crippen LogP contribution in [0.3, 0.4) is 0 Å². The van der Waals surface area contributed by atoms with Gasteiger partial charge in [-0.05, 0) is 11.6 Å². The second-order valence-electron chi connectivity index (χ2n) is 6.31. The molecule has 140 valence electrons. The average Bonchev–Trinajstić information content (AvgIpc) is 2.54. The largest absolute Gasteiger partial charge is 0.417 e. The predicted molar refractivity (Wildman–Crippen MR) is 90.5 cm³/mol. The van der Waals surface area contributed by atoms with Gasteiger partial charge in [0.2, 0.25) is 5.91 Å². The van der Waals surface area contributed by atoms with E-state index >= 15 is 0 Å². The Kier molecular flexibility index (Phi) is 6.20. The second-order valence-corrected chi connectivity index (χ2v) is 6.31. The van der Waals surface area contributed by atoms with Crippen molar-refractivity contribution < 1.29 is 22.9 Å². The SMILES string of the molecule is C[NH+](C)Cc1ccccc1CNC(=O)Cn1cc(C(F)(F)F)ccc1=O. The Morgan fingerprint density at radius 2 is 1.77 bits per heavy atom. The van der Waals surface area contributed by atoms with Gasteiger partial charge in [0, 0.05) is 24.4 Å². The number of aromatic nitrogens is 1. The molecular formula is C18H21F3N3O2+. The second kappa shape index (κ2) is 8.18. The van der Waals surface area contributed by atoms with Gasteiger partial charge in [-0.1, -0.05) is 24.3 Å². The van der Waals surface area contributed by atoms with Gasteiger partial charge < -0.3 is 14.8 Å². The first kappa shape index (κ1) is 19.7. The van der Waals surface area contributed by atoms with Crippen LogP contribution < -0.4 is 15.8 Å². The zero-order chi connectivity index (χ0) is 19.3. The lowest BCUT2D eigenvalue weighted by Crippen LogP contribution is -3.04. The summed E-state index contributed by atoms with van der Waals surface area (Å²) in [5, 5.41) is 2.66. The van der Waals surface area contributed by atoms with Crippen molar-refractivity contribution in [3.8, 4) is 0 Å². The van der Waals surface area contributed by atoms with Crippen LogP contribution in [0.5, 0.6) is 0 Å². The summed E-state index contributed by atoms with van der Waals surface area (Å²) in [6, 6.07) is 9.13. The number of quaternary nitrogens is 1. The van der Waals surface area contributed by atoms with E-state index < -0.39 is 29.8 Å². The molecule has 1 aromatic carbocycles. The van der Waals surface area contributed by atoms with E-state index in [2.05, 4.69) is 5.32 Å². The lowest BCUT2D eigenvalue weighted by atomic mass is 10.1. The van der Waals surface area contributed by atoms with Crippen LogP contribution in [0.2, 0.25) is 0 Å². The molecule has 0 bridgehead atoms. The molecule has 26 heavy (non-hydrogen) atoms. The molecule has 0 atom stereocenters. The molecule has 5 nitrogen and oxygen atoms in total. The Hall–Kier alpha value is -2.61. The summed E-state index contributed by atoms with van der Waals surface area (Å²) in [6.07, 6.45) is -3.91. The van der Waals surface area contributed by atoms with Gasteiger partial charge in [-0.15, -0.1) is 0 Å². The van der Waals surface area contributed by atoms with Crippen LogP contribution in [-0.2, 0) is 30.6 Å². The summed E-state index contributed by atoms with van der Waals surface area (Å²) >= 11 is 0. The number of amides is 1. The molecule has 8 heteroatoms. The standard InChI is InChI=1S/C18H20F3N3O2/c1-23(2)10-14-6-4-3-5-13(14)9-22-16(25)12-24-11-15(18(19,20)21)7-8-17(24)26/h3-8,11H,9-10,12H2,1-2H3,(H,22,25)/p+1. The number of carbonyl (C=O) groups is 1. The highest BCUT2D eigenvalue weighted by Gasteiger charge is 2.31. The van der Waals surface area contributed by atoms with E-state index in [0.717, 1.165) is 28.3 Å². The van der Waals surface area contributed by atoms with Crippen molar-refractivity contribution in [2.24, 2.45) is 0 Å². The molecule has 2 rings (SSSR count). The van der Waals surface area contributed by atoms with Gasteiger partial charge in [0.25, 0.3) is 5.56 Å². The number of benzene rings is 1. The highest BCUT2D eigenvalue weighted by atomic mass is 19.4. The molecule has 0 aliphatic carbocycles. The number of nitrogens with one attached hydrogen (secondary N) is 2. The van der Waals surface area contributed by atoms with Gasteiger partial charge in [-0.3, -0.25) is 9.59 Å². The minimum Gasteiger partial charge on any atom is -0.350 e. The van der Waals surface area contributed by atoms with Crippen LogP contribution in [0.1, 0.15) is 16.7 Å². The average molecular weight is 368 g/mol. The maximum absolute atomic E-state index is 12.7. The van der Waals surface area contributed by atoms with Gasteiger partial charge in [-0.25, -0.2) is 0 Å². The van der Waals surface area contributed by atoms with Gasteiger partial charge >= 0.3 is 6.18 Å². The summed E-state index contributed by atoms with van der Waals surface area (Å²) < 4.78 is 39.0. The van der Waals surface area contributed by atoms with Crippen molar-refractivity contribution in [2.75, 3.05) is 14.1 Å². The molecule has 2 N–H and O–H groups in total. The smallest absolute Gasteiger partial charge is 0.350 e. The normalized spacial score (nSPS) is 11.6. The zero-order valence-electron chi connectivity index (χ0n) is 14.6. The number of nitrogens with zero attached hydrogens (tertiary/aromatic N) is 1. The molecule has 1 amide bonds. The maximum Gasteiger partial charge on any atom is 0.417 e. The van der Waals surface area contributed by atoms with E-state index in [4.69, 9.17) is 0 Å². The van der Waals surface area contributed by atoms with E-state index in [0.29, 0.717) is 12.3 Å². The van der Waals surface area contributed by atoms with Gasteiger partial charge in [0.05, 0.1) is 19.7 Å². The van der Waals surface area contributed by atoms with Crippen LogP contribution in [0.15, 0.2) is 47.4 Å². The summed E-state index contributed by atoms with van der Waals surface area (Å²) in [6.45, 7) is 0.555. The lowest BCUT2D eigenvalue weighted by molar-refractivity contribution is -0.872. The molecule has 0 radical (unpaired) electrons. The third kappa shape index (κ3) is 5.45. The fourth-order valence-corrected chi connectivity index (χ4v) is 2.51. The van der Waals surface area contributed by atoms with Crippen LogP contribution in [-0.4, -0.2) is 24.6 Å². The number of pyridine rings is 1. The minimum absolute atomic E-state index is 0.246. The Morgan fingerprint density at radius 1 is 1.12 bits per heavy atom. The molecule has 1 aromatic heterocycles. The molecule has 0 unspecified atom stereocenters. The first-order valence-corrected chi connectivity index (χ1v) is 8.07. The molecule has 2 aromatic rings. The number of alkyl halides is 3. The Bertz CT molecular complexity index is 829. The van der Waals surface area contributed by atoms with E-state index in [1.54, 1.807) is 0 Å². The summed E-state index contributed by atoms with van der Waals surface area (Å²) in [5.41, 5.74) is 0.372. The van der Waals surface area contributed by atoms with Crippen molar-refractivity contribution >= 4 is 5.91 Å². The Labute approximate surface area is 149 Å². The van der Waals surface area contributed by atoms with Crippen LogP contribution in [0.4, 0.5) is 13.2 Å². The molecule has 0 fully saturated rings. The number of carbonyl (C=O) groups excluding carboxylic acids is 1. The zero-order valence-corrected chi connectivity index (χ0v) is 14.6. The van der Waals surface area contributed by atoms with Crippen LogP contribution in [0, 0.1) is 0 Å². The number of halogens is 3. The van der Waals surface area contributed by atoms with Crippen molar-refractivity contribution in [2.45, 2.75) is 25.8 Å². The Balaban J connectivity index is 2.06. The van der Waals surface area contributed by atoms with E-state index in [1.165, 1.54) is 4.90 Å². The Morgan fingerprint density at radius 3 is 2.38 bits per heavy atom. The predicted octanol–water partition coefficient (Wildman–Crippen LogP) is 0.828. The number of hydrogen-bond acceptors (Lipinski definition) is 2. The number of rotatable bonds is 6. The first-order valence-electron chi connectivity index (χ1n) is 8.07. The maximum atomic E-state index is 12.7. The molecule has 0 spiro atoms. The summed E-state index contributed by atoms with van der Waals surface area (Å²) in [7, 11) is 4.02. The van der Waals surface area contributed by atoms with Crippen LogP contribution >= 0.6 is 0 Å². The lowest BCUT2D eigenvalue weighted by Gasteiger charge is -2.14. The first-order chi connectivity index (χ1) is 12.2. The molecular weight excluding hydrogens is 347 g/mol. The van der Waals surface area contributed by atoms with E-state index in [-0.39, 0.29) is 6.54 Å². The minimum atomic E-state index is -4.57. The molecule has 0 saturated heterocycles. The summed E-state index contributed by atoms with van der Waals surface area (Å²) in [5.74, 6) is -0.529. The third-order valence-electron chi connectivity index (χ3n) is 3.76. The summed E-state index contributed by atoms with van der Waals surface area (Å²) in [4.78, 5) is 25.0. The molecule has 1 heterocycles. The molecule has 0 saturated carbocycles. The van der Waals surface area contributed by atoms with E-state index in [9.17, 15) is 22.8 Å². The highest BCUT2D eigenvalue weighted by molar-refractivity contribution is 5.75. The molecule has 0 aliphatic heterocycles. The van der Waals surface area contributed by atoms with Gasteiger partial charge in [0.15, 0.2) is 0 Å². The monoisotopic (exact) mass is 368 g/mol. The van der Waals surface area contributed by atoms with Crippen molar-refractivity contribution in [1.82, 2.24) is 9.88 Å².